The van der Waals surface area contributed by atoms with E-state index in [2.05, 4.69) is 22.3 Å². The fourth-order valence-electron chi connectivity index (χ4n) is 4.94. The summed E-state index contributed by atoms with van der Waals surface area (Å²) in [5.41, 5.74) is 3.30. The van der Waals surface area contributed by atoms with E-state index in [9.17, 15) is 4.79 Å². The first-order chi connectivity index (χ1) is 16.6. The van der Waals surface area contributed by atoms with Crippen LogP contribution < -0.4 is 25.1 Å². The van der Waals surface area contributed by atoms with Crippen LogP contribution in [0.5, 0.6) is 17.2 Å². The number of aryl methyl sites for hydroxylation is 1. The zero-order chi connectivity index (χ0) is 23.5. The molecule has 5 rings (SSSR count). The second-order valence-electron chi connectivity index (χ2n) is 9.17. The van der Waals surface area contributed by atoms with Crippen molar-refractivity contribution in [3.05, 3.63) is 63.9 Å². The summed E-state index contributed by atoms with van der Waals surface area (Å²) in [7, 11) is 3.50. The molecule has 1 aromatic heterocycles. The molecule has 0 saturated carbocycles. The van der Waals surface area contributed by atoms with Crippen molar-refractivity contribution in [2.24, 2.45) is 7.05 Å². The quantitative estimate of drug-likeness (QED) is 0.581. The molecule has 7 nitrogen and oxygen atoms in total. The first kappa shape index (κ1) is 22.7. The summed E-state index contributed by atoms with van der Waals surface area (Å²) in [6.45, 7) is 5.14. The Kier molecular flexibility index (Phi) is 6.74. The number of nitrogens with zero attached hydrogens (tertiary/aromatic N) is 2. The van der Waals surface area contributed by atoms with Crippen LogP contribution in [0.15, 0.2) is 47.3 Å². The third kappa shape index (κ3) is 4.91. The molecule has 34 heavy (non-hydrogen) atoms. The predicted molar refractivity (Wildman–Crippen MR) is 133 cm³/mol. The van der Waals surface area contributed by atoms with Gasteiger partial charge in [0.25, 0.3) is 5.56 Å². The Morgan fingerprint density at radius 2 is 1.82 bits per heavy atom. The highest BCUT2D eigenvalue weighted by atomic mass is 16.6. The lowest BCUT2D eigenvalue weighted by atomic mass is 10.0. The second kappa shape index (κ2) is 10.1. The molecule has 1 fully saturated rings. The second-order valence-corrected chi connectivity index (χ2v) is 9.17. The van der Waals surface area contributed by atoms with Crippen molar-refractivity contribution in [2.75, 3.05) is 40.0 Å². The lowest BCUT2D eigenvalue weighted by Crippen LogP contribution is -2.42. The number of rotatable bonds is 7. The van der Waals surface area contributed by atoms with Crippen molar-refractivity contribution in [1.29, 1.82) is 0 Å². The van der Waals surface area contributed by atoms with Crippen molar-refractivity contribution in [3.63, 3.8) is 0 Å². The Bertz CT molecular complexity index is 1210. The smallest absolute Gasteiger partial charge is 0.251 e. The van der Waals surface area contributed by atoms with E-state index in [1.807, 2.05) is 31.3 Å². The molecule has 3 heterocycles. The molecule has 1 N–H and O–H groups in total. The standard InChI is InChI=1S/C27H33N3O4/c1-29-24-5-4-22(32-2)17-23(24)20(16-27(29)31)7-10-30-11-8-21(9-12-30)28-18-19-3-6-25-26(15-19)34-14-13-33-25/h3-6,15-17,21,28H,7-14,18H2,1-2H3. The molecule has 0 spiro atoms. The molecular formula is C27H33N3O4. The number of ether oxygens (including phenoxy) is 3. The van der Waals surface area contributed by atoms with Gasteiger partial charge in [-0.2, -0.15) is 0 Å². The lowest BCUT2D eigenvalue weighted by molar-refractivity contribution is 0.171. The van der Waals surface area contributed by atoms with Gasteiger partial charge < -0.3 is 29.0 Å². The lowest BCUT2D eigenvalue weighted by Gasteiger charge is -2.32. The van der Waals surface area contributed by atoms with Crippen LogP contribution >= 0.6 is 0 Å². The van der Waals surface area contributed by atoms with E-state index in [0.717, 1.165) is 79.2 Å². The van der Waals surface area contributed by atoms with E-state index in [1.165, 1.54) is 5.56 Å². The van der Waals surface area contributed by atoms with Crippen LogP contribution in [-0.2, 0) is 20.0 Å². The maximum absolute atomic E-state index is 12.5. The van der Waals surface area contributed by atoms with Crippen LogP contribution in [0.25, 0.3) is 10.9 Å². The van der Waals surface area contributed by atoms with E-state index in [4.69, 9.17) is 14.2 Å². The highest BCUT2D eigenvalue weighted by Gasteiger charge is 2.20. The number of methoxy groups -OCH3 is 1. The Morgan fingerprint density at radius 1 is 1.03 bits per heavy atom. The number of likely N-dealkylation sites (tertiary alicyclic amines) is 1. The number of nitrogens with one attached hydrogen (secondary N) is 1. The number of benzene rings is 2. The number of fused-ring (bicyclic) bond motifs is 2. The van der Waals surface area contributed by atoms with E-state index < -0.39 is 0 Å². The van der Waals surface area contributed by atoms with Gasteiger partial charge >= 0.3 is 0 Å². The third-order valence-corrected chi connectivity index (χ3v) is 7.03. The molecule has 0 amide bonds. The minimum Gasteiger partial charge on any atom is -0.497 e. The summed E-state index contributed by atoms with van der Waals surface area (Å²) in [5, 5.41) is 4.80. The van der Waals surface area contributed by atoms with Crippen molar-refractivity contribution < 1.29 is 14.2 Å². The first-order valence-electron chi connectivity index (χ1n) is 12.1. The van der Waals surface area contributed by atoms with Crippen molar-refractivity contribution in [1.82, 2.24) is 14.8 Å². The van der Waals surface area contributed by atoms with Gasteiger partial charge in [0.05, 0.1) is 12.6 Å². The van der Waals surface area contributed by atoms with Gasteiger partial charge in [0.15, 0.2) is 11.5 Å². The Morgan fingerprint density at radius 3 is 2.62 bits per heavy atom. The number of hydrogen-bond donors (Lipinski definition) is 1. The van der Waals surface area contributed by atoms with Crippen LogP contribution in [0.4, 0.5) is 0 Å². The summed E-state index contributed by atoms with van der Waals surface area (Å²) < 4.78 is 18.4. The van der Waals surface area contributed by atoms with Crippen LogP contribution in [0.1, 0.15) is 24.0 Å². The molecule has 0 bridgehead atoms. The van der Waals surface area contributed by atoms with Crippen LogP contribution in [0, 0.1) is 0 Å². The molecule has 7 heteroatoms. The van der Waals surface area contributed by atoms with Gasteiger partial charge in [-0.25, -0.2) is 0 Å². The summed E-state index contributed by atoms with van der Waals surface area (Å²) in [5.74, 6) is 2.50. The van der Waals surface area contributed by atoms with E-state index in [1.54, 1.807) is 17.7 Å². The van der Waals surface area contributed by atoms with Crippen LogP contribution in [0.2, 0.25) is 0 Å². The molecule has 2 aliphatic heterocycles. The topological polar surface area (TPSA) is 65.0 Å². The fraction of sp³-hybridized carbons (Fsp3) is 0.444. The summed E-state index contributed by atoms with van der Waals surface area (Å²) in [4.78, 5) is 15.0. The van der Waals surface area contributed by atoms with Crippen molar-refractivity contribution in [3.8, 4) is 17.2 Å². The zero-order valence-corrected chi connectivity index (χ0v) is 20.0. The average Bonchev–Trinajstić information content (AvgIpc) is 2.89. The third-order valence-electron chi connectivity index (χ3n) is 7.03. The van der Waals surface area contributed by atoms with Gasteiger partial charge in [-0.15, -0.1) is 0 Å². The van der Waals surface area contributed by atoms with Gasteiger partial charge in [-0.3, -0.25) is 4.79 Å². The van der Waals surface area contributed by atoms with Crippen molar-refractivity contribution in [2.45, 2.75) is 31.8 Å². The molecule has 1 saturated heterocycles. The van der Waals surface area contributed by atoms with Gasteiger partial charge in [-0.05, 0) is 73.8 Å². The van der Waals surface area contributed by atoms with E-state index in [-0.39, 0.29) is 5.56 Å². The molecule has 180 valence electrons. The van der Waals surface area contributed by atoms with Crippen molar-refractivity contribution >= 4 is 10.9 Å². The summed E-state index contributed by atoms with van der Waals surface area (Å²) in [6.07, 6.45) is 3.10. The number of pyridine rings is 1. The summed E-state index contributed by atoms with van der Waals surface area (Å²) >= 11 is 0. The molecule has 3 aromatic rings. The minimum atomic E-state index is 0.0368. The van der Waals surface area contributed by atoms with Gasteiger partial charge in [0.2, 0.25) is 0 Å². The molecule has 0 unspecified atom stereocenters. The van der Waals surface area contributed by atoms with Crippen LogP contribution in [-0.4, -0.2) is 55.5 Å². The van der Waals surface area contributed by atoms with E-state index in [0.29, 0.717) is 19.3 Å². The minimum absolute atomic E-state index is 0.0368. The highest BCUT2D eigenvalue weighted by Crippen LogP contribution is 2.31. The monoisotopic (exact) mass is 463 g/mol. The van der Waals surface area contributed by atoms with E-state index >= 15 is 0 Å². The fourth-order valence-corrected chi connectivity index (χ4v) is 4.94. The van der Waals surface area contributed by atoms with Gasteiger partial charge in [0, 0.05) is 37.6 Å². The molecular weight excluding hydrogens is 430 g/mol. The molecule has 0 aliphatic carbocycles. The summed E-state index contributed by atoms with van der Waals surface area (Å²) in [6, 6.07) is 14.4. The van der Waals surface area contributed by atoms with Gasteiger partial charge in [0.1, 0.15) is 19.0 Å². The number of hydrogen-bond acceptors (Lipinski definition) is 6. The SMILES string of the molecule is COc1ccc2c(c1)c(CCN1CCC(NCc3ccc4c(c3)OCCO4)CC1)cc(=O)n2C. The Hall–Kier alpha value is -3.03. The Balaban J connectivity index is 1.15. The number of aromatic nitrogens is 1. The molecule has 2 aliphatic rings. The van der Waals surface area contributed by atoms with Crippen LogP contribution in [0.3, 0.4) is 0 Å². The zero-order valence-electron chi connectivity index (χ0n) is 20.0. The highest BCUT2D eigenvalue weighted by molar-refractivity contribution is 5.84. The Labute approximate surface area is 200 Å². The largest absolute Gasteiger partial charge is 0.497 e. The van der Waals surface area contributed by atoms with Gasteiger partial charge in [-0.1, -0.05) is 6.07 Å². The number of piperidine rings is 1. The first-order valence-corrected chi connectivity index (χ1v) is 12.1. The molecule has 2 aromatic carbocycles. The maximum Gasteiger partial charge on any atom is 0.251 e. The molecule has 0 atom stereocenters. The average molecular weight is 464 g/mol. The maximum atomic E-state index is 12.5. The normalized spacial score (nSPS) is 16.6. The predicted octanol–water partition coefficient (Wildman–Crippen LogP) is 3.12. The molecule has 0 radical (unpaired) electrons.